The van der Waals surface area contributed by atoms with E-state index >= 15 is 0 Å². The Bertz CT molecular complexity index is 421. The minimum Gasteiger partial charge on any atom is -0.317 e. The average Bonchev–Trinajstić information content (AvgIpc) is 2.99. The van der Waals surface area contributed by atoms with Crippen LogP contribution in [-0.2, 0) is 6.54 Å². The highest BCUT2D eigenvalue weighted by Crippen LogP contribution is 2.39. The largest absolute Gasteiger partial charge is 0.317 e. The summed E-state index contributed by atoms with van der Waals surface area (Å²) in [7, 11) is 0. The third-order valence-corrected chi connectivity index (χ3v) is 5.91. The van der Waals surface area contributed by atoms with Crippen LogP contribution in [0.4, 0.5) is 0 Å². The summed E-state index contributed by atoms with van der Waals surface area (Å²) < 4.78 is 0. The molecule has 0 unspecified atom stereocenters. The second kappa shape index (κ2) is 5.51. The summed E-state index contributed by atoms with van der Waals surface area (Å²) in [5.74, 6) is 0.563. The van der Waals surface area contributed by atoms with Gasteiger partial charge in [-0.1, -0.05) is 13.8 Å². The number of piperidine rings is 1. The van der Waals surface area contributed by atoms with E-state index in [4.69, 9.17) is 0 Å². The number of aromatic nitrogens is 1. The Morgan fingerprint density at radius 1 is 1.37 bits per heavy atom. The highest BCUT2D eigenvalue weighted by molar-refractivity contribution is 7.11. The Balaban J connectivity index is 1.58. The molecular formula is C15H25N3S. The van der Waals surface area contributed by atoms with Gasteiger partial charge in [0.15, 0.2) is 0 Å². The molecule has 2 fully saturated rings. The lowest BCUT2D eigenvalue weighted by Crippen LogP contribution is -2.38. The smallest absolute Gasteiger partial charge is 0.0953 e. The Morgan fingerprint density at radius 2 is 2.16 bits per heavy atom. The molecule has 2 aliphatic rings. The predicted molar refractivity (Wildman–Crippen MR) is 80.6 cm³/mol. The van der Waals surface area contributed by atoms with Crippen LogP contribution in [0, 0.1) is 5.41 Å². The molecule has 2 saturated heterocycles. The van der Waals surface area contributed by atoms with Crippen molar-refractivity contribution in [3.8, 4) is 0 Å². The number of hydrogen-bond acceptors (Lipinski definition) is 4. The number of nitrogens with zero attached hydrogens (tertiary/aromatic N) is 2. The highest BCUT2D eigenvalue weighted by Gasteiger charge is 2.38. The Labute approximate surface area is 120 Å². The lowest BCUT2D eigenvalue weighted by Gasteiger charge is -2.33. The van der Waals surface area contributed by atoms with E-state index in [1.165, 1.54) is 55.3 Å². The van der Waals surface area contributed by atoms with Crippen LogP contribution in [0.1, 0.15) is 48.9 Å². The third kappa shape index (κ3) is 3.01. The molecule has 1 N–H and O–H groups in total. The van der Waals surface area contributed by atoms with Gasteiger partial charge in [0.2, 0.25) is 0 Å². The zero-order valence-electron chi connectivity index (χ0n) is 12.1. The molecule has 0 atom stereocenters. The van der Waals surface area contributed by atoms with Crippen LogP contribution >= 0.6 is 11.3 Å². The molecule has 3 rings (SSSR count). The van der Waals surface area contributed by atoms with Crippen molar-refractivity contribution in [2.24, 2.45) is 5.41 Å². The first kappa shape index (κ1) is 13.5. The summed E-state index contributed by atoms with van der Waals surface area (Å²) in [6, 6.07) is 0. The van der Waals surface area contributed by atoms with Crippen molar-refractivity contribution >= 4 is 11.3 Å². The molecule has 0 radical (unpaired) electrons. The molecule has 106 valence electrons. The van der Waals surface area contributed by atoms with Crippen molar-refractivity contribution in [2.45, 2.75) is 45.6 Å². The Hall–Kier alpha value is -0.450. The number of hydrogen-bond donors (Lipinski definition) is 1. The van der Waals surface area contributed by atoms with E-state index in [2.05, 4.69) is 35.2 Å². The van der Waals surface area contributed by atoms with Crippen LogP contribution in [-0.4, -0.2) is 36.1 Å². The van der Waals surface area contributed by atoms with Gasteiger partial charge in [0.1, 0.15) is 0 Å². The van der Waals surface area contributed by atoms with Gasteiger partial charge in [0.05, 0.1) is 5.01 Å². The molecule has 1 spiro atoms. The topological polar surface area (TPSA) is 28.2 Å². The first-order valence-corrected chi connectivity index (χ1v) is 8.36. The molecule has 0 amide bonds. The van der Waals surface area contributed by atoms with Gasteiger partial charge in [-0.05, 0) is 44.3 Å². The molecule has 0 aliphatic carbocycles. The van der Waals surface area contributed by atoms with Gasteiger partial charge in [-0.15, -0.1) is 11.3 Å². The van der Waals surface area contributed by atoms with E-state index in [-0.39, 0.29) is 0 Å². The van der Waals surface area contributed by atoms with Crippen LogP contribution in [0.15, 0.2) is 6.20 Å². The number of likely N-dealkylation sites (tertiary alicyclic amines) is 1. The maximum Gasteiger partial charge on any atom is 0.0953 e. The summed E-state index contributed by atoms with van der Waals surface area (Å²) in [6.45, 7) is 10.6. The normalized spacial score (nSPS) is 23.5. The third-order valence-electron chi connectivity index (χ3n) is 4.63. The van der Waals surface area contributed by atoms with Crippen LogP contribution in [0.25, 0.3) is 0 Å². The molecule has 1 aromatic rings. The standard InChI is InChI=1S/C15H25N3S/c1-12(2)14-17-9-13(19-14)10-18-8-5-15(11-18)3-6-16-7-4-15/h9,12,16H,3-8,10-11H2,1-2H3. The molecule has 3 heterocycles. The molecule has 1 aromatic heterocycles. The van der Waals surface area contributed by atoms with E-state index in [9.17, 15) is 0 Å². The van der Waals surface area contributed by atoms with Crippen LogP contribution < -0.4 is 5.32 Å². The van der Waals surface area contributed by atoms with Crippen LogP contribution in [0.5, 0.6) is 0 Å². The van der Waals surface area contributed by atoms with Crippen molar-refractivity contribution in [1.82, 2.24) is 15.2 Å². The van der Waals surface area contributed by atoms with E-state index in [1.807, 2.05) is 11.3 Å². The van der Waals surface area contributed by atoms with Gasteiger partial charge in [0.25, 0.3) is 0 Å². The summed E-state index contributed by atoms with van der Waals surface area (Å²) in [5.41, 5.74) is 0.622. The van der Waals surface area contributed by atoms with Crippen LogP contribution in [0.2, 0.25) is 0 Å². The van der Waals surface area contributed by atoms with Gasteiger partial charge in [-0.3, -0.25) is 4.90 Å². The van der Waals surface area contributed by atoms with Gasteiger partial charge in [0, 0.05) is 30.1 Å². The summed E-state index contributed by atoms with van der Waals surface area (Å²) in [6.07, 6.45) is 6.21. The quantitative estimate of drug-likeness (QED) is 0.922. The lowest BCUT2D eigenvalue weighted by atomic mass is 9.78. The SMILES string of the molecule is CC(C)c1ncc(CN2CCC3(CCNCC3)C2)s1. The zero-order chi connectivity index (χ0) is 13.3. The summed E-state index contributed by atoms with van der Waals surface area (Å²) >= 11 is 1.90. The van der Waals surface area contributed by atoms with Gasteiger partial charge < -0.3 is 5.32 Å². The average molecular weight is 279 g/mol. The molecular weight excluding hydrogens is 254 g/mol. The molecule has 0 aromatic carbocycles. The fraction of sp³-hybridized carbons (Fsp3) is 0.800. The molecule has 19 heavy (non-hydrogen) atoms. The fourth-order valence-corrected chi connectivity index (χ4v) is 4.37. The highest BCUT2D eigenvalue weighted by atomic mass is 32.1. The second-order valence-corrected chi connectivity index (χ2v) is 7.68. The molecule has 2 aliphatic heterocycles. The molecule has 4 heteroatoms. The predicted octanol–water partition coefficient (Wildman–Crippen LogP) is 2.84. The van der Waals surface area contributed by atoms with Crippen molar-refractivity contribution in [3.05, 3.63) is 16.1 Å². The van der Waals surface area contributed by atoms with Crippen molar-refractivity contribution in [2.75, 3.05) is 26.2 Å². The zero-order valence-corrected chi connectivity index (χ0v) is 12.9. The minimum absolute atomic E-state index is 0.563. The van der Waals surface area contributed by atoms with Gasteiger partial charge in [-0.25, -0.2) is 4.98 Å². The van der Waals surface area contributed by atoms with Crippen molar-refractivity contribution in [1.29, 1.82) is 0 Å². The maximum absolute atomic E-state index is 4.54. The van der Waals surface area contributed by atoms with E-state index in [1.54, 1.807) is 0 Å². The summed E-state index contributed by atoms with van der Waals surface area (Å²) in [5, 5.41) is 4.77. The monoisotopic (exact) mass is 279 g/mol. The van der Waals surface area contributed by atoms with E-state index in [0.717, 1.165) is 6.54 Å². The molecule has 0 saturated carbocycles. The van der Waals surface area contributed by atoms with Crippen molar-refractivity contribution in [3.63, 3.8) is 0 Å². The Morgan fingerprint density at radius 3 is 2.84 bits per heavy atom. The fourth-order valence-electron chi connectivity index (χ4n) is 3.41. The van der Waals surface area contributed by atoms with E-state index in [0.29, 0.717) is 11.3 Å². The lowest BCUT2D eigenvalue weighted by molar-refractivity contribution is 0.194. The minimum atomic E-state index is 0.563. The van der Waals surface area contributed by atoms with Crippen LogP contribution in [0.3, 0.4) is 0 Å². The summed E-state index contributed by atoms with van der Waals surface area (Å²) in [4.78, 5) is 8.62. The maximum atomic E-state index is 4.54. The molecule has 3 nitrogen and oxygen atoms in total. The second-order valence-electron chi connectivity index (χ2n) is 6.53. The van der Waals surface area contributed by atoms with Crippen molar-refractivity contribution < 1.29 is 0 Å². The first-order valence-electron chi connectivity index (χ1n) is 7.55. The van der Waals surface area contributed by atoms with Gasteiger partial charge >= 0.3 is 0 Å². The molecule has 0 bridgehead atoms. The number of thiazole rings is 1. The Kier molecular flexibility index (Phi) is 3.92. The number of nitrogens with one attached hydrogen (secondary N) is 1. The first-order chi connectivity index (χ1) is 9.17. The van der Waals surface area contributed by atoms with Gasteiger partial charge in [-0.2, -0.15) is 0 Å². The van der Waals surface area contributed by atoms with E-state index < -0.39 is 0 Å². The number of rotatable bonds is 3.